The Hall–Kier alpha value is -3.98. The Morgan fingerprint density at radius 2 is 1.37 bits per heavy atom. The van der Waals surface area contributed by atoms with Gasteiger partial charge in [0.1, 0.15) is 5.58 Å². The van der Waals surface area contributed by atoms with Crippen molar-refractivity contribution in [2.24, 2.45) is 4.99 Å². The molecule has 3 heteroatoms. The summed E-state index contributed by atoms with van der Waals surface area (Å²) in [6.07, 6.45) is 0.852. The molecule has 0 amide bonds. The second kappa shape index (κ2) is 6.53. The van der Waals surface area contributed by atoms with Crippen LogP contribution in [0.3, 0.4) is 0 Å². The molecule has 5 aromatic rings. The zero-order valence-electron chi connectivity index (χ0n) is 16.1. The SMILES string of the molecule is O=c1oc2c(-c3ccc(C4=Nc5ccccc5C4)cc3)cccc2c2ccccc12. The predicted octanol–water partition coefficient (Wildman–Crippen LogP) is 6.29. The molecule has 3 nitrogen and oxygen atoms in total. The van der Waals surface area contributed by atoms with Gasteiger partial charge in [0.2, 0.25) is 0 Å². The molecule has 142 valence electrons. The molecular weight excluding hydrogens is 370 g/mol. The van der Waals surface area contributed by atoms with Crippen molar-refractivity contribution in [1.29, 1.82) is 0 Å². The topological polar surface area (TPSA) is 42.6 Å². The summed E-state index contributed by atoms with van der Waals surface area (Å²) in [5.74, 6) is 0. The summed E-state index contributed by atoms with van der Waals surface area (Å²) in [6.45, 7) is 0. The van der Waals surface area contributed by atoms with Gasteiger partial charge < -0.3 is 4.42 Å². The third-order valence-corrected chi connectivity index (χ3v) is 5.78. The van der Waals surface area contributed by atoms with Crippen LogP contribution in [0.2, 0.25) is 0 Å². The summed E-state index contributed by atoms with van der Waals surface area (Å²) in [5, 5.41) is 2.47. The van der Waals surface area contributed by atoms with Crippen LogP contribution in [0.25, 0.3) is 32.9 Å². The van der Waals surface area contributed by atoms with E-state index in [2.05, 4.69) is 42.5 Å². The fourth-order valence-electron chi connectivity index (χ4n) is 4.27. The normalized spacial score (nSPS) is 12.9. The van der Waals surface area contributed by atoms with Gasteiger partial charge in [-0.3, -0.25) is 4.99 Å². The number of benzene rings is 4. The first-order valence-electron chi connectivity index (χ1n) is 9.99. The van der Waals surface area contributed by atoms with Crippen LogP contribution >= 0.6 is 0 Å². The molecular formula is C27H17NO2. The van der Waals surface area contributed by atoms with Gasteiger partial charge in [-0.25, -0.2) is 4.79 Å². The summed E-state index contributed by atoms with van der Waals surface area (Å²) in [5.41, 5.74) is 6.76. The number of para-hydroxylation sites is 2. The number of rotatable bonds is 2. The molecule has 2 heterocycles. The van der Waals surface area contributed by atoms with E-state index in [9.17, 15) is 4.79 Å². The molecule has 1 aliphatic rings. The van der Waals surface area contributed by atoms with Gasteiger partial charge in [0, 0.05) is 17.4 Å². The van der Waals surface area contributed by atoms with Gasteiger partial charge in [0.15, 0.2) is 0 Å². The van der Waals surface area contributed by atoms with Crippen LogP contribution in [0, 0.1) is 0 Å². The van der Waals surface area contributed by atoms with Gasteiger partial charge in [-0.05, 0) is 34.2 Å². The van der Waals surface area contributed by atoms with E-state index in [4.69, 9.17) is 9.41 Å². The molecule has 0 unspecified atom stereocenters. The minimum absolute atomic E-state index is 0.305. The van der Waals surface area contributed by atoms with Crippen molar-refractivity contribution in [3.63, 3.8) is 0 Å². The molecule has 0 saturated carbocycles. The van der Waals surface area contributed by atoms with Crippen LogP contribution in [0.1, 0.15) is 11.1 Å². The molecule has 0 radical (unpaired) electrons. The fraction of sp³-hybridized carbons (Fsp3) is 0.0370. The zero-order valence-corrected chi connectivity index (χ0v) is 16.1. The lowest BCUT2D eigenvalue weighted by Gasteiger charge is -2.09. The second-order valence-corrected chi connectivity index (χ2v) is 7.56. The van der Waals surface area contributed by atoms with Crippen LogP contribution in [0.4, 0.5) is 5.69 Å². The Balaban J connectivity index is 1.45. The lowest BCUT2D eigenvalue weighted by molar-refractivity contribution is 0.570. The van der Waals surface area contributed by atoms with Crippen molar-refractivity contribution in [3.8, 4) is 11.1 Å². The van der Waals surface area contributed by atoms with E-state index in [0.29, 0.717) is 11.0 Å². The molecule has 0 aliphatic carbocycles. The summed E-state index contributed by atoms with van der Waals surface area (Å²) >= 11 is 0. The van der Waals surface area contributed by atoms with Gasteiger partial charge in [0.05, 0.1) is 16.8 Å². The molecule has 0 saturated heterocycles. The quantitative estimate of drug-likeness (QED) is 0.264. The number of hydrogen-bond donors (Lipinski definition) is 0. The Morgan fingerprint density at radius 3 is 2.20 bits per heavy atom. The monoisotopic (exact) mass is 387 g/mol. The third kappa shape index (κ3) is 2.60. The van der Waals surface area contributed by atoms with Crippen molar-refractivity contribution in [1.82, 2.24) is 0 Å². The molecule has 30 heavy (non-hydrogen) atoms. The fourth-order valence-corrected chi connectivity index (χ4v) is 4.27. The van der Waals surface area contributed by atoms with E-state index in [0.717, 1.165) is 45.3 Å². The summed E-state index contributed by atoms with van der Waals surface area (Å²) in [6, 6.07) is 30.2. The number of fused-ring (bicyclic) bond motifs is 4. The van der Waals surface area contributed by atoms with Crippen LogP contribution < -0.4 is 5.63 Å². The Labute approximate surface area is 172 Å². The van der Waals surface area contributed by atoms with Gasteiger partial charge in [-0.2, -0.15) is 0 Å². The first-order valence-corrected chi connectivity index (χ1v) is 9.99. The van der Waals surface area contributed by atoms with Gasteiger partial charge in [-0.15, -0.1) is 0 Å². The maximum atomic E-state index is 12.5. The number of aliphatic imine (C=N–C) groups is 1. The summed E-state index contributed by atoms with van der Waals surface area (Å²) < 4.78 is 5.75. The lowest BCUT2D eigenvalue weighted by atomic mass is 9.97. The highest BCUT2D eigenvalue weighted by Gasteiger charge is 2.16. The van der Waals surface area contributed by atoms with Crippen molar-refractivity contribution in [3.05, 3.63) is 113 Å². The number of nitrogens with zero attached hydrogens (tertiary/aromatic N) is 1. The smallest absolute Gasteiger partial charge is 0.344 e. The highest BCUT2D eigenvalue weighted by atomic mass is 16.4. The van der Waals surface area contributed by atoms with Crippen LogP contribution in [-0.2, 0) is 6.42 Å². The van der Waals surface area contributed by atoms with E-state index in [-0.39, 0.29) is 5.63 Å². The maximum absolute atomic E-state index is 12.5. The van der Waals surface area contributed by atoms with Gasteiger partial charge >= 0.3 is 5.63 Å². The third-order valence-electron chi connectivity index (χ3n) is 5.78. The molecule has 0 bridgehead atoms. The van der Waals surface area contributed by atoms with Crippen LogP contribution in [-0.4, -0.2) is 5.71 Å². The molecule has 0 atom stereocenters. The second-order valence-electron chi connectivity index (χ2n) is 7.56. The van der Waals surface area contributed by atoms with E-state index < -0.39 is 0 Å². The minimum Gasteiger partial charge on any atom is -0.422 e. The van der Waals surface area contributed by atoms with E-state index in [1.165, 1.54) is 5.56 Å². The highest BCUT2D eigenvalue weighted by molar-refractivity contribution is 6.09. The van der Waals surface area contributed by atoms with Crippen molar-refractivity contribution >= 4 is 33.1 Å². The molecule has 1 aromatic heterocycles. The largest absolute Gasteiger partial charge is 0.422 e. The first-order chi connectivity index (χ1) is 14.8. The molecule has 1 aliphatic heterocycles. The highest BCUT2D eigenvalue weighted by Crippen LogP contribution is 2.33. The summed E-state index contributed by atoms with van der Waals surface area (Å²) in [4.78, 5) is 17.3. The van der Waals surface area contributed by atoms with E-state index >= 15 is 0 Å². The van der Waals surface area contributed by atoms with Crippen molar-refractivity contribution in [2.45, 2.75) is 6.42 Å². The average Bonchev–Trinajstić information content (AvgIpc) is 3.24. The molecule has 0 fully saturated rings. The zero-order chi connectivity index (χ0) is 20.1. The van der Waals surface area contributed by atoms with Crippen LogP contribution in [0.15, 0.2) is 105 Å². The Morgan fingerprint density at radius 1 is 0.667 bits per heavy atom. The molecule has 4 aromatic carbocycles. The maximum Gasteiger partial charge on any atom is 0.344 e. The van der Waals surface area contributed by atoms with Gasteiger partial charge in [0.25, 0.3) is 0 Å². The molecule has 6 rings (SSSR count). The minimum atomic E-state index is -0.305. The Bertz CT molecular complexity index is 1520. The molecule has 0 spiro atoms. The van der Waals surface area contributed by atoms with Crippen LogP contribution in [0.5, 0.6) is 0 Å². The average molecular weight is 387 g/mol. The number of hydrogen-bond acceptors (Lipinski definition) is 3. The van der Waals surface area contributed by atoms with Crippen molar-refractivity contribution in [2.75, 3.05) is 0 Å². The molecule has 0 N–H and O–H groups in total. The first kappa shape index (κ1) is 16.9. The van der Waals surface area contributed by atoms with E-state index in [1.807, 2.05) is 48.5 Å². The standard InChI is InChI=1S/C27H17NO2/c29-27-23-8-3-2-7-21(23)22-10-5-9-20(26(22)30-27)17-12-14-18(15-13-17)25-16-19-6-1-4-11-24(19)28-25/h1-15H,16H2. The lowest BCUT2D eigenvalue weighted by Crippen LogP contribution is -2.01. The van der Waals surface area contributed by atoms with Crippen molar-refractivity contribution < 1.29 is 4.42 Å². The van der Waals surface area contributed by atoms with E-state index in [1.54, 1.807) is 0 Å². The predicted molar refractivity (Wildman–Crippen MR) is 122 cm³/mol. The summed E-state index contributed by atoms with van der Waals surface area (Å²) in [7, 11) is 0. The Kier molecular flexibility index (Phi) is 3.68. The van der Waals surface area contributed by atoms with Gasteiger partial charge in [-0.1, -0.05) is 78.9 Å².